The van der Waals surface area contributed by atoms with Crippen molar-refractivity contribution in [3.8, 4) is 0 Å². The van der Waals surface area contributed by atoms with Gasteiger partial charge in [0.25, 0.3) is 0 Å². The largest absolute Gasteiger partial charge is 0.358 e. The first-order valence-electron chi connectivity index (χ1n) is 6.14. The predicted octanol–water partition coefficient (Wildman–Crippen LogP) is 1.18. The summed E-state index contributed by atoms with van der Waals surface area (Å²) in [7, 11) is 1.66. The van der Waals surface area contributed by atoms with E-state index in [1.165, 1.54) is 5.56 Å². The number of hydrogen-bond acceptors (Lipinski definition) is 3. The van der Waals surface area contributed by atoms with Gasteiger partial charge in [-0.25, -0.2) is 0 Å². The Balaban J connectivity index is 2.11. The summed E-state index contributed by atoms with van der Waals surface area (Å²) < 4.78 is 0. The molecule has 4 heteroatoms. The van der Waals surface area contributed by atoms with Crippen LogP contribution in [0, 0.1) is 0 Å². The highest BCUT2D eigenvalue weighted by Gasteiger charge is 2.24. The minimum atomic E-state index is -0.182. The zero-order valence-electron chi connectivity index (χ0n) is 10.4. The van der Waals surface area contributed by atoms with Crippen molar-refractivity contribution in [1.82, 2.24) is 15.6 Å². The van der Waals surface area contributed by atoms with E-state index < -0.39 is 0 Å². The molecule has 17 heavy (non-hydrogen) atoms. The van der Waals surface area contributed by atoms with Gasteiger partial charge in [-0.3, -0.25) is 15.1 Å². The van der Waals surface area contributed by atoms with E-state index in [0.29, 0.717) is 0 Å². The summed E-state index contributed by atoms with van der Waals surface area (Å²) in [5, 5.41) is 6.01. The van der Waals surface area contributed by atoms with Crippen LogP contribution in [-0.2, 0) is 11.2 Å². The third kappa shape index (κ3) is 2.64. The van der Waals surface area contributed by atoms with E-state index in [2.05, 4.69) is 21.7 Å². The van der Waals surface area contributed by atoms with Gasteiger partial charge < -0.3 is 5.32 Å². The molecule has 92 valence electrons. The van der Waals surface area contributed by atoms with Gasteiger partial charge in [-0.1, -0.05) is 6.07 Å². The minimum absolute atomic E-state index is 0.0213. The second-order valence-corrected chi connectivity index (χ2v) is 4.50. The van der Waals surface area contributed by atoms with Crippen LogP contribution in [-0.4, -0.2) is 24.0 Å². The summed E-state index contributed by atoms with van der Waals surface area (Å²) in [6.07, 6.45) is 5.11. The van der Waals surface area contributed by atoms with Crippen LogP contribution in [0.1, 0.15) is 37.1 Å². The number of aromatic nitrogens is 1. The summed E-state index contributed by atoms with van der Waals surface area (Å²) in [6, 6.07) is 4.12. The molecular weight excluding hydrogens is 214 g/mol. The average molecular weight is 233 g/mol. The first-order valence-corrected chi connectivity index (χ1v) is 6.14. The average Bonchev–Trinajstić information content (AvgIpc) is 2.38. The number of carbonyl (C=O) groups is 1. The molecule has 0 fully saturated rings. The number of pyridine rings is 1. The van der Waals surface area contributed by atoms with Crippen LogP contribution in [0.15, 0.2) is 18.3 Å². The number of likely N-dealkylation sites (N-methyl/N-ethyl adjacent to an activating group) is 1. The van der Waals surface area contributed by atoms with Gasteiger partial charge in [-0.05, 0) is 37.8 Å². The first-order chi connectivity index (χ1) is 8.22. The highest BCUT2D eigenvalue weighted by atomic mass is 16.2. The third-order valence-corrected chi connectivity index (χ3v) is 3.29. The second kappa shape index (κ2) is 5.27. The fourth-order valence-electron chi connectivity index (χ4n) is 2.37. The van der Waals surface area contributed by atoms with Gasteiger partial charge in [0.05, 0.1) is 17.8 Å². The highest BCUT2D eigenvalue weighted by Crippen LogP contribution is 2.27. The molecule has 1 aliphatic rings. The molecule has 0 spiro atoms. The molecule has 1 aliphatic carbocycles. The van der Waals surface area contributed by atoms with Crippen molar-refractivity contribution in [2.24, 2.45) is 0 Å². The maximum Gasteiger partial charge on any atom is 0.236 e. The van der Waals surface area contributed by atoms with Gasteiger partial charge in [0, 0.05) is 13.2 Å². The number of carbonyl (C=O) groups excluding carboxylic acids is 1. The Bertz CT molecular complexity index is 405. The standard InChI is InChI=1S/C13H19N3O/c1-9(13(17)14-2)16-11-7-3-5-10-6-4-8-15-12(10)11/h4,6,8-9,11,16H,3,5,7H2,1-2H3,(H,14,17). The Morgan fingerprint density at radius 1 is 1.59 bits per heavy atom. The van der Waals surface area contributed by atoms with Crippen molar-refractivity contribution in [1.29, 1.82) is 0 Å². The van der Waals surface area contributed by atoms with Crippen molar-refractivity contribution in [2.75, 3.05) is 7.05 Å². The smallest absolute Gasteiger partial charge is 0.236 e. The van der Waals surface area contributed by atoms with Crippen LogP contribution in [0.4, 0.5) is 0 Å². The molecule has 0 radical (unpaired) electrons. The Morgan fingerprint density at radius 2 is 2.41 bits per heavy atom. The van der Waals surface area contributed by atoms with Crippen molar-refractivity contribution in [3.05, 3.63) is 29.6 Å². The Kier molecular flexibility index (Phi) is 3.74. The normalized spacial score (nSPS) is 20.5. The summed E-state index contributed by atoms with van der Waals surface area (Å²) in [4.78, 5) is 15.9. The molecule has 0 saturated heterocycles. The zero-order chi connectivity index (χ0) is 12.3. The lowest BCUT2D eigenvalue weighted by Gasteiger charge is -2.27. The van der Waals surface area contributed by atoms with Crippen LogP contribution in [0.2, 0.25) is 0 Å². The molecule has 2 rings (SSSR count). The minimum Gasteiger partial charge on any atom is -0.358 e. The van der Waals surface area contributed by atoms with Crippen LogP contribution in [0.3, 0.4) is 0 Å². The van der Waals surface area contributed by atoms with Gasteiger partial charge in [0.1, 0.15) is 0 Å². The molecule has 0 bridgehead atoms. The molecule has 2 atom stereocenters. The van der Waals surface area contributed by atoms with Gasteiger partial charge in [-0.2, -0.15) is 0 Å². The number of rotatable bonds is 3. The van der Waals surface area contributed by atoms with Gasteiger partial charge in [-0.15, -0.1) is 0 Å². The van der Waals surface area contributed by atoms with E-state index in [9.17, 15) is 4.79 Å². The van der Waals surface area contributed by atoms with E-state index in [4.69, 9.17) is 0 Å². The molecule has 2 unspecified atom stereocenters. The molecule has 1 aromatic rings. The summed E-state index contributed by atoms with van der Waals surface area (Å²) in [5.74, 6) is 0.0213. The zero-order valence-corrected chi connectivity index (χ0v) is 10.4. The third-order valence-electron chi connectivity index (χ3n) is 3.29. The molecule has 0 saturated carbocycles. The number of amides is 1. The molecule has 0 aromatic carbocycles. The topological polar surface area (TPSA) is 54.0 Å². The van der Waals surface area contributed by atoms with Crippen molar-refractivity contribution in [3.63, 3.8) is 0 Å². The molecule has 1 heterocycles. The first kappa shape index (κ1) is 12.0. The number of hydrogen-bond donors (Lipinski definition) is 2. The summed E-state index contributed by atoms with van der Waals surface area (Å²) in [5.41, 5.74) is 2.41. The molecule has 4 nitrogen and oxygen atoms in total. The molecule has 1 amide bonds. The van der Waals surface area contributed by atoms with Crippen LogP contribution in [0.5, 0.6) is 0 Å². The fraction of sp³-hybridized carbons (Fsp3) is 0.538. The maximum atomic E-state index is 11.5. The second-order valence-electron chi connectivity index (χ2n) is 4.50. The Hall–Kier alpha value is -1.42. The number of nitrogens with zero attached hydrogens (tertiary/aromatic N) is 1. The van der Waals surface area contributed by atoms with E-state index in [1.807, 2.05) is 19.2 Å². The van der Waals surface area contributed by atoms with E-state index in [0.717, 1.165) is 25.0 Å². The lowest BCUT2D eigenvalue weighted by atomic mass is 9.91. The molecular formula is C13H19N3O. The molecule has 0 aliphatic heterocycles. The lowest BCUT2D eigenvalue weighted by Crippen LogP contribution is -2.43. The van der Waals surface area contributed by atoms with Crippen molar-refractivity contribution < 1.29 is 4.79 Å². The molecule has 1 aromatic heterocycles. The fourth-order valence-corrected chi connectivity index (χ4v) is 2.37. The van der Waals surface area contributed by atoms with Crippen molar-refractivity contribution in [2.45, 2.75) is 38.3 Å². The van der Waals surface area contributed by atoms with E-state index >= 15 is 0 Å². The number of fused-ring (bicyclic) bond motifs is 1. The predicted molar refractivity (Wildman–Crippen MR) is 66.6 cm³/mol. The van der Waals surface area contributed by atoms with E-state index in [-0.39, 0.29) is 18.0 Å². The quantitative estimate of drug-likeness (QED) is 0.824. The summed E-state index contributed by atoms with van der Waals surface area (Å²) in [6.45, 7) is 1.88. The van der Waals surface area contributed by atoms with Crippen LogP contribution < -0.4 is 10.6 Å². The van der Waals surface area contributed by atoms with Gasteiger partial charge in [0.15, 0.2) is 0 Å². The van der Waals surface area contributed by atoms with Gasteiger partial charge >= 0.3 is 0 Å². The Labute approximate surface area is 102 Å². The van der Waals surface area contributed by atoms with Crippen molar-refractivity contribution >= 4 is 5.91 Å². The maximum absolute atomic E-state index is 11.5. The number of aryl methyl sites for hydroxylation is 1. The molecule has 2 N–H and O–H groups in total. The summed E-state index contributed by atoms with van der Waals surface area (Å²) >= 11 is 0. The lowest BCUT2D eigenvalue weighted by molar-refractivity contribution is -0.122. The number of nitrogens with one attached hydrogen (secondary N) is 2. The SMILES string of the molecule is CNC(=O)C(C)NC1CCCc2cccnc21. The van der Waals surface area contributed by atoms with Crippen LogP contribution in [0.25, 0.3) is 0 Å². The monoisotopic (exact) mass is 233 g/mol. The van der Waals surface area contributed by atoms with Gasteiger partial charge in [0.2, 0.25) is 5.91 Å². The van der Waals surface area contributed by atoms with E-state index in [1.54, 1.807) is 7.05 Å². The van der Waals surface area contributed by atoms with Crippen LogP contribution >= 0.6 is 0 Å². The highest BCUT2D eigenvalue weighted by molar-refractivity contribution is 5.80. The Morgan fingerprint density at radius 3 is 3.18 bits per heavy atom.